The van der Waals surface area contributed by atoms with Crippen molar-refractivity contribution in [3.8, 4) is 0 Å². The molecule has 1 aromatic carbocycles. The maximum atomic E-state index is 11.2. The lowest BCUT2D eigenvalue weighted by atomic mass is 10.3. The van der Waals surface area contributed by atoms with E-state index in [4.69, 9.17) is 0 Å². The van der Waals surface area contributed by atoms with Gasteiger partial charge in [0.15, 0.2) is 0 Å². The minimum atomic E-state index is -3.61. The van der Waals surface area contributed by atoms with Crippen molar-refractivity contribution in [1.82, 2.24) is 4.72 Å². The van der Waals surface area contributed by atoms with E-state index in [9.17, 15) is 18.5 Å². The molecule has 1 aromatic rings. The van der Waals surface area contributed by atoms with Crippen molar-refractivity contribution in [2.75, 3.05) is 7.05 Å². The quantitative estimate of drug-likeness (QED) is 0.588. The predicted molar refractivity (Wildman–Crippen MR) is 49.3 cm³/mol. The third-order valence-electron chi connectivity index (χ3n) is 1.61. The van der Waals surface area contributed by atoms with Crippen LogP contribution in [0, 0.1) is 10.1 Å². The summed E-state index contributed by atoms with van der Waals surface area (Å²) < 4.78 is 24.6. The molecule has 1 rings (SSSR count). The second-order valence-corrected chi connectivity index (χ2v) is 4.35. The van der Waals surface area contributed by atoms with Gasteiger partial charge in [0.25, 0.3) is 5.69 Å². The van der Waals surface area contributed by atoms with Crippen LogP contribution in [-0.2, 0) is 10.0 Å². The number of sulfonamides is 1. The van der Waals surface area contributed by atoms with E-state index in [-0.39, 0.29) is 10.6 Å². The molecule has 0 aliphatic heterocycles. The summed E-state index contributed by atoms with van der Waals surface area (Å²) in [5.41, 5.74) is -0.249. The minimum Gasteiger partial charge on any atom is -0.258 e. The van der Waals surface area contributed by atoms with E-state index in [1.165, 1.54) is 25.2 Å². The van der Waals surface area contributed by atoms with Gasteiger partial charge in [0.2, 0.25) is 10.0 Å². The molecule has 1 N–H and O–H groups in total. The topological polar surface area (TPSA) is 89.3 Å². The predicted octanol–water partition coefficient (Wildman–Crippen LogP) is 0.503. The van der Waals surface area contributed by atoms with Crippen molar-refractivity contribution in [2.45, 2.75) is 4.90 Å². The standard InChI is InChI=1S/C7H8N2O4S/c1-8-14(12,13)7-4-2-3-6(5-7)9(10)11/h2-5,8H,1H3. The Balaban J connectivity index is 3.26. The first-order chi connectivity index (χ1) is 6.47. The zero-order valence-corrected chi connectivity index (χ0v) is 8.11. The van der Waals surface area contributed by atoms with Gasteiger partial charge in [0.1, 0.15) is 0 Å². The third kappa shape index (κ3) is 2.06. The van der Waals surface area contributed by atoms with Gasteiger partial charge in [0, 0.05) is 12.1 Å². The Bertz CT molecular complexity index is 455. The number of hydrogen-bond acceptors (Lipinski definition) is 4. The number of benzene rings is 1. The highest BCUT2D eigenvalue weighted by molar-refractivity contribution is 7.89. The van der Waals surface area contributed by atoms with E-state index in [1.807, 2.05) is 0 Å². The molecule has 0 radical (unpaired) electrons. The van der Waals surface area contributed by atoms with E-state index >= 15 is 0 Å². The second-order valence-electron chi connectivity index (χ2n) is 2.46. The van der Waals surface area contributed by atoms with Gasteiger partial charge in [-0.3, -0.25) is 10.1 Å². The number of rotatable bonds is 3. The Labute approximate surface area is 80.8 Å². The van der Waals surface area contributed by atoms with Gasteiger partial charge in [0.05, 0.1) is 9.82 Å². The van der Waals surface area contributed by atoms with Crippen LogP contribution in [0.15, 0.2) is 29.2 Å². The molecule has 76 valence electrons. The van der Waals surface area contributed by atoms with Gasteiger partial charge < -0.3 is 0 Å². The van der Waals surface area contributed by atoms with Gasteiger partial charge in [-0.1, -0.05) is 6.07 Å². The Morgan fingerprint density at radius 2 is 2.07 bits per heavy atom. The zero-order valence-electron chi connectivity index (χ0n) is 7.30. The Hall–Kier alpha value is -1.47. The number of nitrogens with one attached hydrogen (secondary N) is 1. The number of nitrogens with zero attached hydrogens (tertiary/aromatic N) is 1. The summed E-state index contributed by atoms with van der Waals surface area (Å²) in [6.07, 6.45) is 0. The molecule has 6 nitrogen and oxygen atoms in total. The maximum Gasteiger partial charge on any atom is 0.270 e. The average molecular weight is 216 g/mol. The first-order valence-corrected chi connectivity index (χ1v) is 5.13. The normalized spacial score (nSPS) is 11.2. The zero-order chi connectivity index (χ0) is 10.8. The number of nitro groups is 1. The molecule has 0 saturated heterocycles. The van der Waals surface area contributed by atoms with Gasteiger partial charge in [-0.2, -0.15) is 0 Å². The molecule has 14 heavy (non-hydrogen) atoms. The van der Waals surface area contributed by atoms with Crippen LogP contribution in [0.25, 0.3) is 0 Å². The van der Waals surface area contributed by atoms with Crippen molar-refractivity contribution in [3.63, 3.8) is 0 Å². The minimum absolute atomic E-state index is 0.116. The van der Waals surface area contributed by atoms with Crippen LogP contribution < -0.4 is 4.72 Å². The Morgan fingerprint density at radius 1 is 1.43 bits per heavy atom. The molecule has 0 spiro atoms. The molecule has 0 unspecified atom stereocenters. The van der Waals surface area contributed by atoms with E-state index in [0.29, 0.717) is 0 Å². The summed E-state index contributed by atoms with van der Waals surface area (Å²) >= 11 is 0. The summed E-state index contributed by atoms with van der Waals surface area (Å²) in [5, 5.41) is 10.4. The summed E-state index contributed by atoms with van der Waals surface area (Å²) in [4.78, 5) is 9.60. The highest BCUT2D eigenvalue weighted by atomic mass is 32.2. The highest BCUT2D eigenvalue weighted by Gasteiger charge is 2.14. The molecule has 0 fully saturated rings. The van der Waals surface area contributed by atoms with Gasteiger partial charge in [-0.25, -0.2) is 13.1 Å². The molecular weight excluding hydrogens is 208 g/mol. The second kappa shape index (κ2) is 3.72. The number of nitro benzene ring substituents is 1. The lowest BCUT2D eigenvalue weighted by Gasteiger charge is -2.00. The van der Waals surface area contributed by atoms with Crippen LogP contribution in [-0.4, -0.2) is 20.4 Å². The van der Waals surface area contributed by atoms with Crippen LogP contribution in [0.5, 0.6) is 0 Å². The molecular formula is C7H8N2O4S. The molecule has 0 aliphatic rings. The average Bonchev–Trinajstić information content (AvgIpc) is 2.18. The van der Waals surface area contributed by atoms with Crippen molar-refractivity contribution < 1.29 is 13.3 Å². The van der Waals surface area contributed by atoms with Crippen LogP contribution in [0.2, 0.25) is 0 Å². The maximum absolute atomic E-state index is 11.2. The SMILES string of the molecule is CNS(=O)(=O)c1cccc([N+](=O)[O-])c1. The van der Waals surface area contributed by atoms with Crippen LogP contribution >= 0.6 is 0 Å². The highest BCUT2D eigenvalue weighted by Crippen LogP contribution is 2.16. The molecule has 0 atom stereocenters. The third-order valence-corrected chi connectivity index (χ3v) is 3.02. The molecule has 0 amide bonds. The largest absolute Gasteiger partial charge is 0.270 e. The lowest BCUT2D eigenvalue weighted by Crippen LogP contribution is -2.18. The Kier molecular flexibility index (Phi) is 2.82. The van der Waals surface area contributed by atoms with Crippen molar-refractivity contribution >= 4 is 15.7 Å². The molecule has 0 aliphatic carbocycles. The smallest absolute Gasteiger partial charge is 0.258 e. The van der Waals surface area contributed by atoms with Gasteiger partial charge in [-0.15, -0.1) is 0 Å². The Morgan fingerprint density at radius 3 is 2.57 bits per heavy atom. The fourth-order valence-electron chi connectivity index (χ4n) is 0.882. The van der Waals surface area contributed by atoms with E-state index < -0.39 is 14.9 Å². The van der Waals surface area contributed by atoms with Crippen LogP contribution in [0.1, 0.15) is 0 Å². The molecule has 0 heterocycles. The van der Waals surface area contributed by atoms with Crippen molar-refractivity contribution in [1.29, 1.82) is 0 Å². The fraction of sp³-hybridized carbons (Fsp3) is 0.143. The fourth-order valence-corrected chi connectivity index (χ4v) is 1.65. The summed E-state index contributed by atoms with van der Waals surface area (Å²) in [5.74, 6) is 0. The van der Waals surface area contributed by atoms with Crippen LogP contribution in [0.4, 0.5) is 5.69 Å². The lowest BCUT2D eigenvalue weighted by molar-refractivity contribution is -0.385. The van der Waals surface area contributed by atoms with Gasteiger partial charge in [-0.05, 0) is 13.1 Å². The van der Waals surface area contributed by atoms with E-state index in [0.717, 1.165) is 6.07 Å². The first kappa shape index (κ1) is 10.6. The van der Waals surface area contributed by atoms with E-state index in [2.05, 4.69) is 4.72 Å². The summed E-state index contributed by atoms with van der Waals surface area (Å²) in [7, 11) is -2.36. The molecule has 0 aromatic heterocycles. The first-order valence-electron chi connectivity index (χ1n) is 3.65. The van der Waals surface area contributed by atoms with Crippen LogP contribution in [0.3, 0.4) is 0 Å². The number of hydrogen-bond donors (Lipinski definition) is 1. The summed E-state index contributed by atoms with van der Waals surface area (Å²) in [6, 6.07) is 4.85. The van der Waals surface area contributed by atoms with Gasteiger partial charge >= 0.3 is 0 Å². The molecule has 0 saturated carbocycles. The molecule has 0 bridgehead atoms. The molecule has 7 heteroatoms. The van der Waals surface area contributed by atoms with E-state index in [1.54, 1.807) is 0 Å². The summed E-state index contributed by atoms with van der Waals surface area (Å²) in [6.45, 7) is 0. The monoisotopic (exact) mass is 216 g/mol. The van der Waals surface area contributed by atoms with Crippen molar-refractivity contribution in [2.24, 2.45) is 0 Å². The van der Waals surface area contributed by atoms with Crippen molar-refractivity contribution in [3.05, 3.63) is 34.4 Å². The number of non-ortho nitro benzene ring substituents is 1.